The molecule has 2 bridgehead atoms. The largest absolute Gasteiger partial charge is 0.481 e. The lowest BCUT2D eigenvalue weighted by Gasteiger charge is -2.47. The molecule has 0 saturated heterocycles. The van der Waals surface area contributed by atoms with Gasteiger partial charge in [-0.2, -0.15) is 0 Å². The van der Waals surface area contributed by atoms with Crippen molar-refractivity contribution in [2.75, 3.05) is 5.32 Å². The maximum Gasteiger partial charge on any atom is 0.308 e. The van der Waals surface area contributed by atoms with Gasteiger partial charge in [0.2, 0.25) is 0 Å². The highest BCUT2D eigenvalue weighted by Gasteiger charge is 2.48. The van der Waals surface area contributed by atoms with Gasteiger partial charge in [-0.3, -0.25) is 9.78 Å². The Morgan fingerprint density at radius 2 is 1.36 bits per heavy atom. The Morgan fingerprint density at radius 1 is 0.768 bits per heavy atom. The predicted octanol–water partition coefficient (Wildman–Crippen LogP) is 10.1. The molecule has 276 valence electrons. The zero-order chi connectivity index (χ0) is 37.8. The number of benzene rings is 4. The van der Waals surface area contributed by atoms with Crippen molar-refractivity contribution in [2.24, 2.45) is 17.8 Å². The van der Waals surface area contributed by atoms with E-state index in [0.29, 0.717) is 21.6 Å². The standard InChI is InChI=1S/C46H37FN6O2S/c47-38-41(36-26-30-12-10-11-19-35(30)56-36)51-42(52-43(38)50-39-29-22-20-28(21-23-29)37(39)45(54)55)34-27-53(44-40(34)48-24-25-49-44)46(31-13-4-1-5-14-31,32-15-6-2-7-16-32)33-17-8-3-9-18-33/h1-19,24-29,37,39H,20-23H2,(H,54,55)(H,50,51,52). The molecule has 4 aromatic carbocycles. The summed E-state index contributed by atoms with van der Waals surface area (Å²) in [4.78, 5) is 33.2. The lowest BCUT2D eigenvalue weighted by molar-refractivity contribution is -0.148. The number of thiophene rings is 1. The van der Waals surface area contributed by atoms with E-state index in [1.165, 1.54) is 11.3 Å². The summed E-state index contributed by atoms with van der Waals surface area (Å²) in [6, 6.07) is 40.4. The smallest absolute Gasteiger partial charge is 0.308 e. The second-order valence-electron chi connectivity index (χ2n) is 14.9. The highest BCUT2D eigenvalue weighted by Crippen LogP contribution is 2.48. The van der Waals surface area contributed by atoms with Crippen molar-refractivity contribution < 1.29 is 14.3 Å². The van der Waals surface area contributed by atoms with Crippen LogP contribution in [0.25, 0.3) is 43.2 Å². The van der Waals surface area contributed by atoms with Crippen LogP contribution in [0.1, 0.15) is 42.4 Å². The van der Waals surface area contributed by atoms with Gasteiger partial charge in [-0.25, -0.2) is 19.3 Å². The van der Waals surface area contributed by atoms with Crippen LogP contribution in [0.5, 0.6) is 0 Å². The topological polar surface area (TPSA) is 106 Å². The number of halogens is 1. The number of rotatable bonds is 9. The molecule has 4 aromatic heterocycles. The number of nitrogens with one attached hydrogen (secondary N) is 1. The third-order valence-electron chi connectivity index (χ3n) is 11.9. The minimum Gasteiger partial charge on any atom is -0.481 e. The Labute approximate surface area is 326 Å². The Hall–Kier alpha value is -6.26. The molecule has 3 aliphatic carbocycles. The summed E-state index contributed by atoms with van der Waals surface area (Å²) in [5, 5.41) is 14.8. The van der Waals surface area contributed by atoms with Gasteiger partial charge in [0.05, 0.1) is 16.4 Å². The highest BCUT2D eigenvalue weighted by molar-refractivity contribution is 7.22. The van der Waals surface area contributed by atoms with Crippen LogP contribution in [0.4, 0.5) is 10.2 Å². The molecule has 11 rings (SSSR count). The van der Waals surface area contributed by atoms with E-state index < -0.39 is 29.3 Å². The van der Waals surface area contributed by atoms with Crippen LogP contribution in [-0.4, -0.2) is 41.6 Å². The number of fused-ring (bicyclic) bond motifs is 5. The monoisotopic (exact) mass is 756 g/mol. The van der Waals surface area contributed by atoms with Gasteiger partial charge >= 0.3 is 5.97 Å². The van der Waals surface area contributed by atoms with Crippen LogP contribution in [0.2, 0.25) is 0 Å². The van der Waals surface area contributed by atoms with E-state index in [1.54, 1.807) is 12.4 Å². The minimum atomic E-state index is -0.915. The number of hydrogen-bond donors (Lipinski definition) is 2. The molecule has 3 aliphatic rings. The van der Waals surface area contributed by atoms with E-state index >= 15 is 4.39 Å². The molecule has 3 saturated carbocycles. The molecular formula is C46H37FN6O2S. The molecule has 2 N–H and O–H groups in total. The summed E-state index contributed by atoms with van der Waals surface area (Å²) >= 11 is 1.46. The van der Waals surface area contributed by atoms with Crippen LogP contribution in [0.3, 0.4) is 0 Å². The van der Waals surface area contributed by atoms with Crippen molar-refractivity contribution in [2.45, 2.75) is 37.3 Å². The van der Waals surface area contributed by atoms with Gasteiger partial charge < -0.3 is 15.0 Å². The summed E-state index contributed by atoms with van der Waals surface area (Å²) in [5.74, 6) is -1.69. The number of aromatic nitrogens is 5. The van der Waals surface area contributed by atoms with Gasteiger partial charge in [-0.15, -0.1) is 11.3 Å². The molecule has 10 heteroatoms. The Kier molecular flexibility index (Phi) is 8.44. The van der Waals surface area contributed by atoms with Gasteiger partial charge in [0, 0.05) is 29.3 Å². The predicted molar refractivity (Wildman–Crippen MR) is 218 cm³/mol. The average molecular weight is 757 g/mol. The number of anilines is 1. The second-order valence-corrected chi connectivity index (χ2v) is 15.9. The van der Waals surface area contributed by atoms with Crippen LogP contribution in [-0.2, 0) is 10.3 Å². The normalized spacial score (nSPS) is 19.4. The first-order valence-corrected chi connectivity index (χ1v) is 19.9. The fourth-order valence-corrected chi connectivity index (χ4v) is 10.5. The molecule has 8 nitrogen and oxygen atoms in total. The average Bonchev–Trinajstić information content (AvgIpc) is 3.86. The van der Waals surface area contributed by atoms with E-state index in [1.807, 2.05) is 91.1 Å². The van der Waals surface area contributed by atoms with E-state index in [4.69, 9.17) is 19.9 Å². The van der Waals surface area contributed by atoms with Gasteiger partial charge in [-0.05, 0) is 71.7 Å². The molecule has 4 heterocycles. The SMILES string of the molecule is O=C(O)C1C2CCC(CC2)C1Nc1nc(-c2cn(C(c3ccccc3)(c3ccccc3)c3ccccc3)c3nccnc23)nc(-c2cc3ccccc3s2)c1F. The molecule has 2 unspecified atom stereocenters. The lowest BCUT2D eigenvalue weighted by atomic mass is 9.61. The number of carboxylic acid groups (broad SMARTS) is 1. The molecular weight excluding hydrogens is 720 g/mol. The van der Waals surface area contributed by atoms with Gasteiger partial charge in [0.15, 0.2) is 23.1 Å². The van der Waals surface area contributed by atoms with E-state index in [-0.39, 0.29) is 29.2 Å². The molecule has 0 spiro atoms. The molecule has 2 atom stereocenters. The van der Waals surface area contributed by atoms with Crippen molar-refractivity contribution in [3.63, 3.8) is 0 Å². The first-order chi connectivity index (χ1) is 27.5. The van der Waals surface area contributed by atoms with Crippen molar-refractivity contribution >= 4 is 44.4 Å². The summed E-state index contributed by atoms with van der Waals surface area (Å²) in [6.07, 6.45) is 8.86. The zero-order valence-electron chi connectivity index (χ0n) is 30.3. The number of hydrogen-bond acceptors (Lipinski definition) is 7. The first kappa shape index (κ1) is 34.2. The Bertz CT molecular complexity index is 2580. The number of nitrogens with zero attached hydrogens (tertiary/aromatic N) is 5. The third kappa shape index (κ3) is 5.50. The van der Waals surface area contributed by atoms with Gasteiger partial charge in [0.25, 0.3) is 0 Å². The Morgan fingerprint density at radius 3 is 1.98 bits per heavy atom. The number of aliphatic carboxylic acids is 1. The number of carboxylic acids is 1. The molecule has 3 fully saturated rings. The molecule has 0 radical (unpaired) electrons. The summed E-state index contributed by atoms with van der Waals surface area (Å²) < 4.78 is 20.3. The zero-order valence-corrected chi connectivity index (χ0v) is 31.1. The van der Waals surface area contributed by atoms with Crippen molar-refractivity contribution in [3.8, 4) is 22.0 Å². The fourth-order valence-electron chi connectivity index (χ4n) is 9.42. The minimum absolute atomic E-state index is 0.00325. The quantitative estimate of drug-likeness (QED) is 0.141. The van der Waals surface area contributed by atoms with Crippen LogP contribution in [0, 0.1) is 23.6 Å². The van der Waals surface area contributed by atoms with Crippen molar-refractivity contribution in [1.82, 2.24) is 24.5 Å². The summed E-state index contributed by atoms with van der Waals surface area (Å²) in [5.41, 5.74) is 3.98. The molecule has 0 aliphatic heterocycles. The van der Waals surface area contributed by atoms with Crippen LogP contribution >= 0.6 is 11.3 Å². The fraction of sp³-hybridized carbons (Fsp3) is 0.196. The second kappa shape index (κ2) is 13.8. The van der Waals surface area contributed by atoms with Gasteiger partial charge in [0.1, 0.15) is 16.7 Å². The van der Waals surface area contributed by atoms with Crippen LogP contribution in [0.15, 0.2) is 140 Å². The van der Waals surface area contributed by atoms with E-state index in [2.05, 4.69) is 46.3 Å². The summed E-state index contributed by atoms with van der Waals surface area (Å²) in [6.45, 7) is 0. The maximum atomic E-state index is 17.1. The van der Waals surface area contributed by atoms with E-state index in [0.717, 1.165) is 52.5 Å². The third-order valence-corrected chi connectivity index (χ3v) is 13.0. The summed E-state index contributed by atoms with van der Waals surface area (Å²) in [7, 11) is 0. The molecule has 8 aromatic rings. The lowest BCUT2D eigenvalue weighted by Crippen LogP contribution is -2.51. The Balaban J connectivity index is 1.24. The number of carbonyl (C=O) groups is 1. The molecule has 0 amide bonds. The van der Waals surface area contributed by atoms with Crippen molar-refractivity contribution in [1.29, 1.82) is 0 Å². The van der Waals surface area contributed by atoms with Crippen molar-refractivity contribution in [3.05, 3.63) is 162 Å². The molecule has 56 heavy (non-hydrogen) atoms. The van der Waals surface area contributed by atoms with E-state index in [9.17, 15) is 9.90 Å². The highest BCUT2D eigenvalue weighted by atomic mass is 32.1. The first-order valence-electron chi connectivity index (χ1n) is 19.1. The van der Waals surface area contributed by atoms with Gasteiger partial charge in [-0.1, -0.05) is 109 Å². The maximum absolute atomic E-state index is 17.1. The van der Waals surface area contributed by atoms with Crippen LogP contribution < -0.4 is 5.32 Å².